The summed E-state index contributed by atoms with van der Waals surface area (Å²) in [7, 11) is 3.15. The molecule has 0 unspecified atom stereocenters. The molecule has 0 bridgehead atoms. The summed E-state index contributed by atoms with van der Waals surface area (Å²) in [4.78, 5) is 11.5. The molecule has 1 aromatic carbocycles. The van der Waals surface area contributed by atoms with Crippen molar-refractivity contribution in [1.29, 1.82) is 0 Å². The lowest BCUT2D eigenvalue weighted by Crippen LogP contribution is -2.24. The van der Waals surface area contributed by atoms with E-state index >= 15 is 0 Å². The van der Waals surface area contributed by atoms with Crippen LogP contribution in [0.4, 0.5) is 0 Å². The second kappa shape index (κ2) is 6.78. The first-order chi connectivity index (χ1) is 10.2. The summed E-state index contributed by atoms with van der Waals surface area (Å²) in [5.41, 5.74) is 1.40. The van der Waals surface area contributed by atoms with Gasteiger partial charge in [-0.3, -0.25) is 4.79 Å². The third-order valence-electron chi connectivity index (χ3n) is 2.94. The number of nitrogens with zero attached hydrogens (tertiary/aromatic N) is 1. The van der Waals surface area contributed by atoms with E-state index in [4.69, 9.17) is 14.0 Å². The molecule has 2 rings (SSSR count). The van der Waals surface area contributed by atoms with Crippen molar-refractivity contribution >= 4 is 5.91 Å². The van der Waals surface area contributed by atoms with Crippen LogP contribution in [0.25, 0.3) is 11.3 Å². The summed E-state index contributed by atoms with van der Waals surface area (Å²) in [5.74, 6) is 1.75. The number of carbonyl (C=O) groups is 1. The van der Waals surface area contributed by atoms with Gasteiger partial charge in [-0.2, -0.15) is 0 Å². The summed E-state index contributed by atoms with van der Waals surface area (Å²) in [6.07, 6.45) is 0.199. The van der Waals surface area contributed by atoms with Gasteiger partial charge in [-0.1, -0.05) is 5.16 Å². The van der Waals surface area contributed by atoms with Crippen molar-refractivity contribution in [3.05, 3.63) is 30.0 Å². The number of carbonyl (C=O) groups excluding carboxylic acids is 1. The second-order valence-electron chi connectivity index (χ2n) is 4.38. The smallest absolute Gasteiger partial charge is 0.226 e. The van der Waals surface area contributed by atoms with Crippen molar-refractivity contribution in [2.24, 2.45) is 0 Å². The van der Waals surface area contributed by atoms with Crippen LogP contribution in [0.3, 0.4) is 0 Å². The molecule has 0 radical (unpaired) electrons. The maximum absolute atomic E-state index is 11.5. The molecule has 0 atom stereocenters. The average molecular weight is 290 g/mol. The van der Waals surface area contributed by atoms with E-state index in [9.17, 15) is 4.79 Å². The lowest BCUT2D eigenvalue weighted by molar-refractivity contribution is -0.120. The van der Waals surface area contributed by atoms with Crippen LogP contribution in [0, 0.1) is 0 Å². The molecule has 0 spiro atoms. The highest BCUT2D eigenvalue weighted by Gasteiger charge is 2.12. The molecule has 0 saturated heterocycles. The van der Waals surface area contributed by atoms with Gasteiger partial charge in [0.25, 0.3) is 0 Å². The number of rotatable bonds is 6. The molecule has 6 nitrogen and oxygen atoms in total. The van der Waals surface area contributed by atoms with Crippen molar-refractivity contribution < 1.29 is 18.8 Å². The van der Waals surface area contributed by atoms with Crippen LogP contribution < -0.4 is 14.8 Å². The number of amides is 1. The molecule has 2 aromatic rings. The largest absolute Gasteiger partial charge is 0.493 e. The number of ether oxygens (including phenoxy) is 2. The van der Waals surface area contributed by atoms with Crippen molar-refractivity contribution in [1.82, 2.24) is 10.5 Å². The molecule has 0 fully saturated rings. The Morgan fingerprint density at radius 2 is 2.00 bits per heavy atom. The van der Waals surface area contributed by atoms with Crippen LogP contribution in [0.15, 0.2) is 28.8 Å². The van der Waals surface area contributed by atoms with Gasteiger partial charge in [-0.25, -0.2) is 0 Å². The highest BCUT2D eigenvalue weighted by Crippen LogP contribution is 2.32. The van der Waals surface area contributed by atoms with E-state index in [1.54, 1.807) is 32.4 Å². The summed E-state index contributed by atoms with van der Waals surface area (Å²) in [6.45, 7) is 2.47. The number of hydrogen-bond acceptors (Lipinski definition) is 5. The molecule has 1 amide bonds. The quantitative estimate of drug-likeness (QED) is 0.881. The first-order valence-corrected chi connectivity index (χ1v) is 6.62. The SMILES string of the molecule is CCNC(=O)Cc1cc(-c2ccc(OC)c(OC)c2)on1. The Labute approximate surface area is 123 Å². The Morgan fingerprint density at radius 3 is 2.67 bits per heavy atom. The number of hydrogen-bond donors (Lipinski definition) is 1. The maximum Gasteiger partial charge on any atom is 0.226 e. The molecule has 1 N–H and O–H groups in total. The number of benzene rings is 1. The third kappa shape index (κ3) is 3.53. The maximum atomic E-state index is 11.5. The Morgan fingerprint density at radius 1 is 1.24 bits per heavy atom. The predicted molar refractivity (Wildman–Crippen MR) is 77.4 cm³/mol. The van der Waals surface area contributed by atoms with Gasteiger partial charge in [-0.15, -0.1) is 0 Å². The number of likely N-dealkylation sites (N-methyl/N-ethyl adjacent to an activating group) is 1. The minimum Gasteiger partial charge on any atom is -0.493 e. The van der Waals surface area contributed by atoms with Gasteiger partial charge in [-0.05, 0) is 25.1 Å². The molecule has 112 valence electrons. The Balaban J connectivity index is 2.19. The highest BCUT2D eigenvalue weighted by molar-refractivity contribution is 5.78. The zero-order valence-electron chi connectivity index (χ0n) is 12.3. The molecular formula is C15H18N2O4. The van der Waals surface area contributed by atoms with Crippen LogP contribution in [0.5, 0.6) is 11.5 Å². The lowest BCUT2D eigenvalue weighted by atomic mass is 10.1. The van der Waals surface area contributed by atoms with Crippen molar-refractivity contribution in [3.63, 3.8) is 0 Å². The van der Waals surface area contributed by atoms with Gasteiger partial charge in [0, 0.05) is 18.2 Å². The fourth-order valence-electron chi connectivity index (χ4n) is 1.94. The topological polar surface area (TPSA) is 73.6 Å². The predicted octanol–water partition coefficient (Wildman–Crippen LogP) is 2.04. The summed E-state index contributed by atoms with van der Waals surface area (Å²) >= 11 is 0. The van der Waals surface area contributed by atoms with E-state index in [0.717, 1.165) is 5.56 Å². The third-order valence-corrected chi connectivity index (χ3v) is 2.94. The molecule has 6 heteroatoms. The van der Waals surface area contributed by atoms with E-state index in [2.05, 4.69) is 10.5 Å². The monoisotopic (exact) mass is 290 g/mol. The van der Waals surface area contributed by atoms with Gasteiger partial charge in [0.15, 0.2) is 17.3 Å². The van der Waals surface area contributed by atoms with E-state index in [1.165, 1.54) is 0 Å². The molecule has 1 heterocycles. The van der Waals surface area contributed by atoms with Crippen molar-refractivity contribution in [2.75, 3.05) is 20.8 Å². The van der Waals surface area contributed by atoms with E-state index in [0.29, 0.717) is 29.5 Å². The van der Waals surface area contributed by atoms with Gasteiger partial charge in [0.2, 0.25) is 5.91 Å². The van der Waals surface area contributed by atoms with Crippen LogP contribution >= 0.6 is 0 Å². The fourth-order valence-corrected chi connectivity index (χ4v) is 1.94. The van der Waals surface area contributed by atoms with Gasteiger partial charge < -0.3 is 19.3 Å². The molecule has 1 aromatic heterocycles. The Kier molecular flexibility index (Phi) is 4.81. The van der Waals surface area contributed by atoms with Gasteiger partial charge in [0.05, 0.1) is 26.3 Å². The van der Waals surface area contributed by atoms with Crippen molar-refractivity contribution in [2.45, 2.75) is 13.3 Å². The zero-order chi connectivity index (χ0) is 15.2. The Bertz CT molecular complexity index is 622. The number of nitrogens with one attached hydrogen (secondary N) is 1. The molecule has 0 aliphatic carbocycles. The first kappa shape index (κ1) is 14.9. The van der Waals surface area contributed by atoms with Crippen molar-refractivity contribution in [3.8, 4) is 22.8 Å². The van der Waals surface area contributed by atoms with E-state index in [-0.39, 0.29) is 12.3 Å². The lowest BCUT2D eigenvalue weighted by Gasteiger charge is -2.07. The normalized spacial score (nSPS) is 10.2. The zero-order valence-corrected chi connectivity index (χ0v) is 12.3. The minimum absolute atomic E-state index is 0.0790. The van der Waals surface area contributed by atoms with Gasteiger partial charge >= 0.3 is 0 Å². The summed E-state index contributed by atoms with van der Waals surface area (Å²) < 4.78 is 15.7. The standard InChI is InChI=1S/C15H18N2O4/c1-4-16-15(18)9-11-8-13(21-17-11)10-5-6-12(19-2)14(7-10)20-3/h5-8H,4,9H2,1-3H3,(H,16,18). The molecule has 0 aliphatic heterocycles. The summed E-state index contributed by atoms with van der Waals surface area (Å²) in [6, 6.07) is 7.18. The van der Waals surface area contributed by atoms with E-state index in [1.807, 2.05) is 13.0 Å². The van der Waals surface area contributed by atoms with Crippen LogP contribution in [-0.4, -0.2) is 31.8 Å². The first-order valence-electron chi connectivity index (χ1n) is 6.62. The highest BCUT2D eigenvalue weighted by atomic mass is 16.5. The molecule has 0 aliphatic rings. The van der Waals surface area contributed by atoms with E-state index < -0.39 is 0 Å². The second-order valence-corrected chi connectivity index (χ2v) is 4.38. The van der Waals surface area contributed by atoms with Gasteiger partial charge in [0.1, 0.15) is 0 Å². The number of methoxy groups -OCH3 is 2. The minimum atomic E-state index is -0.0790. The van der Waals surface area contributed by atoms with Crippen LogP contribution in [0.2, 0.25) is 0 Å². The molecule has 0 saturated carbocycles. The average Bonchev–Trinajstić information content (AvgIpc) is 2.95. The Hall–Kier alpha value is -2.50. The summed E-state index contributed by atoms with van der Waals surface area (Å²) in [5, 5.41) is 6.62. The number of aromatic nitrogens is 1. The fraction of sp³-hybridized carbons (Fsp3) is 0.333. The van der Waals surface area contributed by atoms with Crippen LogP contribution in [-0.2, 0) is 11.2 Å². The molecule has 21 heavy (non-hydrogen) atoms. The molecular weight excluding hydrogens is 272 g/mol. The van der Waals surface area contributed by atoms with Crippen LogP contribution in [0.1, 0.15) is 12.6 Å².